The van der Waals surface area contributed by atoms with Gasteiger partial charge in [-0.05, 0) is 12.1 Å². The number of aromatic nitrogens is 4. The van der Waals surface area contributed by atoms with Crippen LogP contribution in [0.15, 0.2) is 24.7 Å². The third kappa shape index (κ3) is 3.54. The van der Waals surface area contributed by atoms with Gasteiger partial charge in [-0.15, -0.1) is 10.2 Å². The summed E-state index contributed by atoms with van der Waals surface area (Å²) in [6, 6.07) is 3.23. The Morgan fingerprint density at radius 3 is 2.90 bits per heavy atom. The molecule has 1 N–H and O–H groups in total. The molecule has 2 rings (SSSR count). The molecule has 0 saturated carbocycles. The molecule has 0 aliphatic rings. The van der Waals surface area contributed by atoms with Crippen molar-refractivity contribution in [2.24, 2.45) is 0 Å². The molecule has 0 aliphatic heterocycles. The third-order valence-electron chi connectivity index (χ3n) is 2.76. The highest BCUT2D eigenvalue weighted by molar-refractivity contribution is 6.30. The highest BCUT2D eigenvalue weighted by Crippen LogP contribution is 2.09. The molecule has 20 heavy (non-hydrogen) atoms. The van der Waals surface area contributed by atoms with Crippen molar-refractivity contribution in [1.82, 2.24) is 25.1 Å². The van der Waals surface area contributed by atoms with E-state index in [-0.39, 0.29) is 5.91 Å². The van der Waals surface area contributed by atoms with E-state index in [0.29, 0.717) is 29.7 Å². The van der Waals surface area contributed by atoms with Crippen LogP contribution in [-0.2, 0) is 6.54 Å². The van der Waals surface area contributed by atoms with Crippen molar-refractivity contribution in [1.29, 1.82) is 0 Å². The van der Waals surface area contributed by atoms with Gasteiger partial charge in [0, 0.05) is 25.2 Å². The largest absolute Gasteiger partial charge is 0.349 e. The first kappa shape index (κ1) is 14.5. The number of amides is 1. The minimum atomic E-state index is -0.221. The third-order valence-corrected chi connectivity index (χ3v) is 2.98. The van der Waals surface area contributed by atoms with Crippen molar-refractivity contribution in [3.05, 3.63) is 41.2 Å². The first-order chi connectivity index (χ1) is 9.58. The number of rotatable bonds is 5. The van der Waals surface area contributed by atoms with Crippen molar-refractivity contribution in [2.75, 3.05) is 6.54 Å². The standard InChI is InChI=1S/C13H16ClN5O/c1-9(2)12-18-17-8-19(12)6-5-15-13(20)11-4-3-10(14)7-16-11/h3-4,7-9H,5-6H2,1-2H3,(H,15,20). The predicted octanol–water partition coefficient (Wildman–Crippen LogP) is 1.88. The van der Waals surface area contributed by atoms with Crippen molar-refractivity contribution in [2.45, 2.75) is 26.3 Å². The van der Waals surface area contributed by atoms with Crippen LogP contribution in [0.1, 0.15) is 36.1 Å². The Balaban J connectivity index is 1.88. The molecule has 0 atom stereocenters. The number of nitrogens with one attached hydrogen (secondary N) is 1. The summed E-state index contributed by atoms with van der Waals surface area (Å²) in [4.78, 5) is 15.8. The Kier molecular flexibility index (Phi) is 4.68. The van der Waals surface area contributed by atoms with E-state index in [1.165, 1.54) is 6.20 Å². The number of nitrogens with zero attached hydrogens (tertiary/aromatic N) is 4. The van der Waals surface area contributed by atoms with E-state index < -0.39 is 0 Å². The molecule has 0 bridgehead atoms. The van der Waals surface area contributed by atoms with E-state index >= 15 is 0 Å². The van der Waals surface area contributed by atoms with Gasteiger partial charge in [0.1, 0.15) is 17.8 Å². The van der Waals surface area contributed by atoms with Gasteiger partial charge in [-0.3, -0.25) is 4.79 Å². The van der Waals surface area contributed by atoms with Gasteiger partial charge in [0.15, 0.2) is 0 Å². The molecule has 0 aromatic carbocycles. The zero-order valence-corrected chi connectivity index (χ0v) is 12.1. The topological polar surface area (TPSA) is 72.7 Å². The number of carbonyl (C=O) groups is 1. The van der Waals surface area contributed by atoms with E-state index in [9.17, 15) is 4.79 Å². The number of halogens is 1. The Morgan fingerprint density at radius 2 is 2.25 bits per heavy atom. The van der Waals surface area contributed by atoms with Crippen molar-refractivity contribution >= 4 is 17.5 Å². The molecule has 106 valence electrons. The Hall–Kier alpha value is -1.95. The Bertz CT molecular complexity index is 579. The average molecular weight is 294 g/mol. The van der Waals surface area contributed by atoms with E-state index in [4.69, 9.17) is 11.6 Å². The van der Waals surface area contributed by atoms with E-state index in [0.717, 1.165) is 5.82 Å². The highest BCUT2D eigenvalue weighted by Gasteiger charge is 2.09. The molecule has 1 amide bonds. The molecule has 2 aromatic heterocycles. The first-order valence-corrected chi connectivity index (χ1v) is 6.73. The molecule has 0 fully saturated rings. The number of carbonyl (C=O) groups excluding carboxylic acids is 1. The lowest BCUT2D eigenvalue weighted by Gasteiger charge is -2.09. The van der Waals surface area contributed by atoms with Gasteiger partial charge in [-0.2, -0.15) is 0 Å². The van der Waals surface area contributed by atoms with E-state index in [1.54, 1.807) is 18.5 Å². The molecule has 2 aromatic rings. The van der Waals surface area contributed by atoms with E-state index in [1.807, 2.05) is 4.57 Å². The SMILES string of the molecule is CC(C)c1nncn1CCNC(=O)c1ccc(Cl)cn1. The molecule has 0 saturated heterocycles. The van der Waals surface area contributed by atoms with Gasteiger partial charge in [0.25, 0.3) is 5.91 Å². The molecule has 2 heterocycles. The molecular weight excluding hydrogens is 278 g/mol. The monoisotopic (exact) mass is 293 g/mol. The van der Waals surface area contributed by atoms with Crippen LogP contribution in [0.5, 0.6) is 0 Å². The number of pyridine rings is 1. The Labute approximate surface area is 122 Å². The fourth-order valence-corrected chi connectivity index (χ4v) is 1.89. The Morgan fingerprint density at radius 1 is 1.45 bits per heavy atom. The molecule has 0 radical (unpaired) electrons. The molecule has 7 heteroatoms. The maximum Gasteiger partial charge on any atom is 0.269 e. The molecule has 6 nitrogen and oxygen atoms in total. The number of hydrogen-bond acceptors (Lipinski definition) is 4. The van der Waals surface area contributed by atoms with Crippen molar-refractivity contribution in [3.8, 4) is 0 Å². The van der Waals surface area contributed by atoms with Gasteiger partial charge in [0.05, 0.1) is 5.02 Å². The second kappa shape index (κ2) is 6.47. The minimum absolute atomic E-state index is 0.221. The second-order valence-electron chi connectivity index (χ2n) is 4.65. The molecular formula is C13H16ClN5O. The summed E-state index contributed by atoms with van der Waals surface area (Å²) in [6.07, 6.45) is 3.12. The van der Waals surface area contributed by atoms with Crippen LogP contribution in [0.3, 0.4) is 0 Å². The maximum atomic E-state index is 11.8. The lowest BCUT2D eigenvalue weighted by molar-refractivity contribution is 0.0947. The normalized spacial score (nSPS) is 10.8. The first-order valence-electron chi connectivity index (χ1n) is 6.35. The predicted molar refractivity (Wildman–Crippen MR) is 75.7 cm³/mol. The molecule has 0 unspecified atom stereocenters. The fraction of sp³-hybridized carbons (Fsp3) is 0.385. The van der Waals surface area contributed by atoms with Gasteiger partial charge in [-0.1, -0.05) is 25.4 Å². The molecule has 0 aliphatic carbocycles. The quantitative estimate of drug-likeness (QED) is 0.913. The summed E-state index contributed by atoms with van der Waals surface area (Å²) in [5.74, 6) is 0.982. The summed E-state index contributed by atoms with van der Waals surface area (Å²) in [5.41, 5.74) is 0.349. The lowest BCUT2D eigenvalue weighted by Crippen LogP contribution is -2.28. The highest BCUT2D eigenvalue weighted by atomic mass is 35.5. The van der Waals surface area contributed by atoms with Crippen LogP contribution in [0.25, 0.3) is 0 Å². The zero-order chi connectivity index (χ0) is 14.5. The minimum Gasteiger partial charge on any atom is -0.349 e. The van der Waals surface area contributed by atoms with E-state index in [2.05, 4.69) is 34.3 Å². The van der Waals surface area contributed by atoms with Gasteiger partial charge in [0.2, 0.25) is 0 Å². The molecule has 0 spiro atoms. The van der Waals surface area contributed by atoms with Gasteiger partial charge >= 0.3 is 0 Å². The average Bonchev–Trinajstić information content (AvgIpc) is 2.88. The fourth-order valence-electron chi connectivity index (χ4n) is 1.77. The summed E-state index contributed by atoms with van der Waals surface area (Å²) < 4.78 is 1.93. The summed E-state index contributed by atoms with van der Waals surface area (Å²) in [7, 11) is 0. The van der Waals surface area contributed by atoms with Gasteiger partial charge in [-0.25, -0.2) is 4.98 Å². The van der Waals surface area contributed by atoms with Crippen LogP contribution >= 0.6 is 11.6 Å². The summed E-state index contributed by atoms with van der Waals surface area (Å²) in [5, 5.41) is 11.2. The van der Waals surface area contributed by atoms with Crippen LogP contribution in [0.2, 0.25) is 5.02 Å². The van der Waals surface area contributed by atoms with Crippen molar-refractivity contribution in [3.63, 3.8) is 0 Å². The summed E-state index contributed by atoms with van der Waals surface area (Å²) >= 11 is 5.72. The van der Waals surface area contributed by atoms with Crippen molar-refractivity contribution < 1.29 is 4.79 Å². The second-order valence-corrected chi connectivity index (χ2v) is 5.09. The van der Waals surface area contributed by atoms with Gasteiger partial charge < -0.3 is 9.88 Å². The smallest absolute Gasteiger partial charge is 0.269 e. The van der Waals surface area contributed by atoms with Crippen LogP contribution in [0.4, 0.5) is 0 Å². The zero-order valence-electron chi connectivity index (χ0n) is 11.4. The van der Waals surface area contributed by atoms with Crippen LogP contribution < -0.4 is 5.32 Å². The van der Waals surface area contributed by atoms with Crippen LogP contribution in [0, 0.1) is 0 Å². The maximum absolute atomic E-state index is 11.8. The number of hydrogen-bond donors (Lipinski definition) is 1. The van der Waals surface area contributed by atoms with Crippen LogP contribution in [-0.4, -0.2) is 32.2 Å². The summed E-state index contributed by atoms with van der Waals surface area (Å²) in [6.45, 7) is 5.22. The lowest BCUT2D eigenvalue weighted by atomic mass is 10.2.